The summed E-state index contributed by atoms with van der Waals surface area (Å²) < 4.78 is 28.2. The van der Waals surface area contributed by atoms with Gasteiger partial charge in [-0.1, -0.05) is 18.2 Å². The average Bonchev–Trinajstić information content (AvgIpc) is 3.28. The third kappa shape index (κ3) is 4.53. The van der Waals surface area contributed by atoms with Gasteiger partial charge in [-0.25, -0.2) is 17.4 Å². The van der Waals surface area contributed by atoms with Gasteiger partial charge < -0.3 is 10.2 Å². The van der Waals surface area contributed by atoms with Crippen molar-refractivity contribution in [1.29, 1.82) is 0 Å². The van der Waals surface area contributed by atoms with Crippen LogP contribution in [-0.4, -0.2) is 55.6 Å². The van der Waals surface area contributed by atoms with Crippen LogP contribution in [0.1, 0.15) is 29.6 Å². The molecule has 1 saturated heterocycles. The summed E-state index contributed by atoms with van der Waals surface area (Å²) in [5.41, 5.74) is 1.94. The Morgan fingerprint density at radius 2 is 1.72 bits per heavy atom. The molecule has 0 unspecified atom stereocenters. The highest BCUT2D eigenvalue weighted by Gasteiger charge is 2.24. The zero-order valence-electron chi connectivity index (χ0n) is 18.2. The number of anilines is 2. The van der Waals surface area contributed by atoms with Crippen molar-refractivity contribution >= 4 is 27.4 Å². The number of benzene rings is 2. The van der Waals surface area contributed by atoms with E-state index in [-0.39, 0.29) is 10.8 Å². The fourth-order valence-corrected chi connectivity index (χ4v) is 4.71. The number of sulfonamides is 1. The SMILES string of the molecule is CN(C)S(=O)(=O)c1ccc(N2CCCCC2)c(C(=O)Nc2ccn(-c3ccccc3)n2)c1. The van der Waals surface area contributed by atoms with Crippen LogP contribution in [0, 0.1) is 0 Å². The number of carbonyl (C=O) groups is 1. The van der Waals surface area contributed by atoms with Crippen LogP contribution in [0.3, 0.4) is 0 Å². The molecule has 2 heterocycles. The lowest BCUT2D eigenvalue weighted by molar-refractivity contribution is 0.102. The maximum Gasteiger partial charge on any atom is 0.259 e. The van der Waals surface area contributed by atoms with Crippen molar-refractivity contribution in [2.75, 3.05) is 37.4 Å². The first-order valence-corrected chi connectivity index (χ1v) is 12.0. The molecule has 9 heteroatoms. The second kappa shape index (κ2) is 9.13. The molecule has 1 amide bonds. The van der Waals surface area contributed by atoms with E-state index < -0.39 is 10.0 Å². The van der Waals surface area contributed by atoms with Crippen LogP contribution in [-0.2, 0) is 10.0 Å². The van der Waals surface area contributed by atoms with E-state index in [0.717, 1.165) is 48.0 Å². The molecule has 1 N–H and O–H groups in total. The van der Waals surface area contributed by atoms with E-state index >= 15 is 0 Å². The predicted molar refractivity (Wildman–Crippen MR) is 125 cm³/mol. The van der Waals surface area contributed by atoms with Gasteiger partial charge in [0.1, 0.15) is 0 Å². The molecule has 1 fully saturated rings. The standard InChI is InChI=1S/C23H27N5O3S/c1-26(2)32(30,31)19-11-12-21(27-14-7-4-8-15-27)20(17-19)23(29)24-22-13-16-28(25-22)18-9-5-3-6-10-18/h3,5-6,9-13,16-17H,4,7-8,14-15H2,1-2H3,(H,24,25,29). The average molecular weight is 454 g/mol. The van der Waals surface area contributed by atoms with Gasteiger partial charge in [-0.2, -0.15) is 5.10 Å². The van der Waals surface area contributed by atoms with Gasteiger partial charge in [0, 0.05) is 45.1 Å². The molecule has 4 rings (SSSR count). The van der Waals surface area contributed by atoms with Gasteiger partial charge in [0.25, 0.3) is 5.91 Å². The molecule has 0 aliphatic carbocycles. The highest BCUT2D eigenvalue weighted by atomic mass is 32.2. The minimum absolute atomic E-state index is 0.0863. The van der Waals surface area contributed by atoms with Gasteiger partial charge in [0.2, 0.25) is 10.0 Å². The van der Waals surface area contributed by atoms with Crippen molar-refractivity contribution in [3.63, 3.8) is 0 Å². The lowest BCUT2D eigenvalue weighted by Gasteiger charge is -2.30. The Morgan fingerprint density at radius 3 is 2.41 bits per heavy atom. The van der Waals surface area contributed by atoms with Crippen molar-refractivity contribution in [3.05, 3.63) is 66.4 Å². The highest BCUT2D eigenvalue weighted by Crippen LogP contribution is 2.28. The number of para-hydroxylation sites is 1. The van der Waals surface area contributed by atoms with Crippen molar-refractivity contribution in [3.8, 4) is 5.69 Å². The second-order valence-corrected chi connectivity index (χ2v) is 10.1. The number of amides is 1. The number of aromatic nitrogens is 2. The van der Waals surface area contributed by atoms with Gasteiger partial charge in [-0.3, -0.25) is 4.79 Å². The molecule has 0 radical (unpaired) electrons. The van der Waals surface area contributed by atoms with E-state index in [1.54, 1.807) is 29.1 Å². The summed E-state index contributed by atoms with van der Waals surface area (Å²) >= 11 is 0. The van der Waals surface area contributed by atoms with Gasteiger partial charge in [0.15, 0.2) is 5.82 Å². The first kappa shape index (κ1) is 22.0. The van der Waals surface area contributed by atoms with Crippen LogP contribution in [0.2, 0.25) is 0 Å². The normalized spacial score (nSPS) is 14.5. The topological polar surface area (TPSA) is 87.5 Å². The van der Waals surface area contributed by atoms with E-state index in [0.29, 0.717) is 11.4 Å². The third-order valence-corrected chi connectivity index (χ3v) is 7.35. The van der Waals surface area contributed by atoms with Gasteiger partial charge >= 0.3 is 0 Å². The number of hydrogen-bond acceptors (Lipinski definition) is 5. The van der Waals surface area contributed by atoms with Crippen molar-refractivity contribution in [2.45, 2.75) is 24.2 Å². The van der Waals surface area contributed by atoms with Crippen molar-refractivity contribution in [2.24, 2.45) is 0 Å². The number of nitrogens with one attached hydrogen (secondary N) is 1. The largest absolute Gasteiger partial charge is 0.371 e. The molecule has 168 valence electrons. The molecule has 0 bridgehead atoms. The first-order valence-electron chi connectivity index (χ1n) is 10.6. The lowest BCUT2D eigenvalue weighted by Crippen LogP contribution is -2.32. The number of hydrogen-bond donors (Lipinski definition) is 1. The molecule has 32 heavy (non-hydrogen) atoms. The Bertz CT molecular complexity index is 1200. The number of nitrogens with zero attached hydrogens (tertiary/aromatic N) is 4. The summed E-state index contributed by atoms with van der Waals surface area (Å²) in [6.45, 7) is 1.67. The van der Waals surface area contributed by atoms with E-state index in [1.807, 2.05) is 30.3 Å². The summed E-state index contributed by atoms with van der Waals surface area (Å²) in [5, 5.41) is 7.26. The number of piperidine rings is 1. The Hall–Kier alpha value is -3.17. The summed E-state index contributed by atoms with van der Waals surface area (Å²) in [4.78, 5) is 15.5. The fraction of sp³-hybridized carbons (Fsp3) is 0.304. The minimum Gasteiger partial charge on any atom is -0.371 e. The second-order valence-electron chi connectivity index (χ2n) is 7.95. The van der Waals surface area contributed by atoms with Gasteiger partial charge in [0.05, 0.1) is 16.1 Å². The Kier molecular flexibility index (Phi) is 6.29. The van der Waals surface area contributed by atoms with Crippen LogP contribution in [0.5, 0.6) is 0 Å². The third-order valence-electron chi connectivity index (χ3n) is 5.54. The molecule has 8 nitrogen and oxygen atoms in total. The Morgan fingerprint density at radius 1 is 1.00 bits per heavy atom. The Balaban J connectivity index is 1.66. The molecule has 1 aliphatic rings. The molecule has 2 aromatic carbocycles. The molecular formula is C23H27N5O3S. The zero-order valence-corrected chi connectivity index (χ0v) is 19.0. The predicted octanol–water partition coefficient (Wildman–Crippen LogP) is 3.37. The summed E-state index contributed by atoms with van der Waals surface area (Å²) in [5.74, 6) is 0.00371. The summed E-state index contributed by atoms with van der Waals surface area (Å²) in [7, 11) is -0.718. The Labute approximate surface area is 188 Å². The molecule has 0 atom stereocenters. The maximum absolute atomic E-state index is 13.3. The molecule has 1 aromatic heterocycles. The van der Waals surface area contributed by atoms with Gasteiger partial charge in [-0.15, -0.1) is 0 Å². The molecular weight excluding hydrogens is 426 g/mol. The first-order chi connectivity index (χ1) is 15.4. The minimum atomic E-state index is -3.67. The molecule has 3 aromatic rings. The molecule has 0 saturated carbocycles. The maximum atomic E-state index is 13.3. The summed E-state index contributed by atoms with van der Waals surface area (Å²) in [6, 6.07) is 16.1. The van der Waals surface area contributed by atoms with Crippen LogP contribution in [0.25, 0.3) is 5.69 Å². The monoisotopic (exact) mass is 453 g/mol. The van der Waals surface area contributed by atoms with Gasteiger partial charge in [-0.05, 0) is 49.6 Å². The fourth-order valence-electron chi connectivity index (χ4n) is 3.78. The molecule has 0 spiro atoms. The highest BCUT2D eigenvalue weighted by molar-refractivity contribution is 7.89. The smallest absolute Gasteiger partial charge is 0.259 e. The molecule has 1 aliphatic heterocycles. The van der Waals surface area contributed by atoms with Crippen LogP contribution >= 0.6 is 0 Å². The quantitative estimate of drug-likeness (QED) is 0.618. The zero-order chi connectivity index (χ0) is 22.7. The van der Waals surface area contributed by atoms with Crippen molar-refractivity contribution < 1.29 is 13.2 Å². The van der Waals surface area contributed by atoms with E-state index in [9.17, 15) is 13.2 Å². The van der Waals surface area contributed by atoms with Crippen molar-refractivity contribution in [1.82, 2.24) is 14.1 Å². The van der Waals surface area contributed by atoms with Crippen LogP contribution in [0.15, 0.2) is 65.7 Å². The number of rotatable bonds is 6. The lowest BCUT2D eigenvalue weighted by atomic mass is 10.1. The summed E-state index contributed by atoms with van der Waals surface area (Å²) in [6.07, 6.45) is 5.01. The number of carbonyl (C=O) groups excluding carboxylic acids is 1. The van der Waals surface area contributed by atoms with E-state index in [2.05, 4.69) is 15.3 Å². The van der Waals surface area contributed by atoms with E-state index in [4.69, 9.17) is 0 Å². The van der Waals surface area contributed by atoms with E-state index in [1.165, 1.54) is 20.2 Å². The van der Waals surface area contributed by atoms with Crippen LogP contribution < -0.4 is 10.2 Å². The van der Waals surface area contributed by atoms with Crippen LogP contribution in [0.4, 0.5) is 11.5 Å².